The first kappa shape index (κ1) is 12.5. The SMILES string of the molecule is Oc1[nH]ncc1-c1ccnc2cccc(-c3ccccn3)c12. The number of aromatic nitrogens is 4. The highest BCUT2D eigenvalue weighted by Crippen LogP contribution is 2.37. The van der Waals surface area contributed by atoms with Crippen LogP contribution in [0.4, 0.5) is 0 Å². The number of H-pyrrole nitrogens is 1. The van der Waals surface area contributed by atoms with E-state index >= 15 is 0 Å². The van der Waals surface area contributed by atoms with E-state index in [9.17, 15) is 5.11 Å². The van der Waals surface area contributed by atoms with Crippen molar-refractivity contribution >= 4 is 10.9 Å². The Balaban J connectivity index is 2.09. The van der Waals surface area contributed by atoms with Gasteiger partial charge in [0.2, 0.25) is 5.88 Å². The lowest BCUT2D eigenvalue weighted by molar-refractivity contribution is 0.454. The van der Waals surface area contributed by atoms with Crippen molar-refractivity contribution in [2.24, 2.45) is 0 Å². The van der Waals surface area contributed by atoms with Crippen LogP contribution in [0.15, 0.2) is 61.1 Å². The Morgan fingerprint density at radius 1 is 0.818 bits per heavy atom. The zero-order valence-electron chi connectivity index (χ0n) is 11.6. The summed E-state index contributed by atoms with van der Waals surface area (Å²) in [4.78, 5) is 8.86. The fourth-order valence-electron chi connectivity index (χ4n) is 2.64. The molecule has 0 saturated carbocycles. The Labute approximate surface area is 126 Å². The van der Waals surface area contributed by atoms with Crippen molar-refractivity contribution in [1.29, 1.82) is 0 Å². The molecule has 3 aromatic heterocycles. The van der Waals surface area contributed by atoms with Crippen LogP contribution in [0, 0.1) is 0 Å². The Bertz CT molecular complexity index is 942. The number of fused-ring (bicyclic) bond motifs is 1. The molecule has 3 heterocycles. The van der Waals surface area contributed by atoms with Crippen molar-refractivity contribution in [2.45, 2.75) is 0 Å². The molecular formula is C17H12N4O. The molecule has 0 bridgehead atoms. The molecule has 0 aliphatic heterocycles. The first-order chi connectivity index (χ1) is 10.8. The standard InChI is InChI=1S/C17H12N4O/c22-17-13(10-20-21-17)11-7-9-19-15-6-3-4-12(16(11)15)14-5-1-2-8-18-14/h1-10H,(H2,20,21,22). The van der Waals surface area contributed by atoms with E-state index in [1.807, 2.05) is 42.5 Å². The molecule has 5 heteroatoms. The van der Waals surface area contributed by atoms with Crippen molar-refractivity contribution in [2.75, 3.05) is 0 Å². The number of rotatable bonds is 2. The van der Waals surface area contributed by atoms with Gasteiger partial charge >= 0.3 is 0 Å². The summed E-state index contributed by atoms with van der Waals surface area (Å²) in [7, 11) is 0. The third-order valence-electron chi connectivity index (χ3n) is 3.62. The number of aromatic amines is 1. The predicted octanol–water partition coefficient (Wildman–Crippen LogP) is 3.39. The molecule has 0 aliphatic rings. The normalized spacial score (nSPS) is 10.9. The summed E-state index contributed by atoms with van der Waals surface area (Å²) in [6, 6.07) is 13.6. The third-order valence-corrected chi connectivity index (χ3v) is 3.62. The third kappa shape index (κ3) is 1.91. The average Bonchev–Trinajstić information content (AvgIpc) is 3.00. The summed E-state index contributed by atoms with van der Waals surface area (Å²) in [5.74, 6) is 0.0447. The van der Waals surface area contributed by atoms with Crippen molar-refractivity contribution in [3.63, 3.8) is 0 Å². The van der Waals surface area contributed by atoms with Crippen LogP contribution in [0.1, 0.15) is 0 Å². The maximum absolute atomic E-state index is 9.97. The molecule has 22 heavy (non-hydrogen) atoms. The van der Waals surface area contributed by atoms with E-state index in [1.54, 1.807) is 18.6 Å². The van der Waals surface area contributed by atoms with Crippen LogP contribution >= 0.6 is 0 Å². The summed E-state index contributed by atoms with van der Waals surface area (Å²) in [5.41, 5.74) is 4.21. The predicted molar refractivity (Wildman–Crippen MR) is 84.2 cm³/mol. The fraction of sp³-hybridized carbons (Fsp3) is 0. The molecule has 4 rings (SSSR count). The number of nitrogens with one attached hydrogen (secondary N) is 1. The Morgan fingerprint density at radius 3 is 2.55 bits per heavy atom. The first-order valence-electron chi connectivity index (χ1n) is 6.86. The maximum Gasteiger partial charge on any atom is 0.214 e. The van der Waals surface area contributed by atoms with Crippen LogP contribution < -0.4 is 0 Å². The second-order valence-electron chi connectivity index (χ2n) is 4.91. The molecule has 0 aliphatic carbocycles. The largest absolute Gasteiger partial charge is 0.493 e. The minimum atomic E-state index is 0.0447. The highest BCUT2D eigenvalue weighted by atomic mass is 16.3. The molecule has 0 amide bonds. The lowest BCUT2D eigenvalue weighted by Gasteiger charge is -2.10. The smallest absolute Gasteiger partial charge is 0.214 e. The van der Waals surface area contributed by atoms with Gasteiger partial charge in [-0.25, -0.2) is 5.10 Å². The van der Waals surface area contributed by atoms with Gasteiger partial charge in [0.05, 0.1) is 23.0 Å². The van der Waals surface area contributed by atoms with E-state index in [2.05, 4.69) is 20.2 Å². The summed E-state index contributed by atoms with van der Waals surface area (Å²) >= 11 is 0. The van der Waals surface area contributed by atoms with Gasteiger partial charge in [0.15, 0.2) is 0 Å². The van der Waals surface area contributed by atoms with Gasteiger partial charge in [0.1, 0.15) is 0 Å². The molecule has 0 radical (unpaired) electrons. The second-order valence-corrected chi connectivity index (χ2v) is 4.91. The number of pyridine rings is 2. The Hall–Kier alpha value is -3.21. The zero-order chi connectivity index (χ0) is 14.9. The molecule has 0 spiro atoms. The minimum Gasteiger partial charge on any atom is -0.493 e. The molecule has 0 atom stereocenters. The van der Waals surface area contributed by atoms with Gasteiger partial charge in [-0.05, 0) is 24.3 Å². The van der Waals surface area contributed by atoms with Crippen LogP contribution in [-0.2, 0) is 0 Å². The van der Waals surface area contributed by atoms with Crippen LogP contribution in [-0.4, -0.2) is 25.3 Å². The van der Waals surface area contributed by atoms with E-state index in [0.29, 0.717) is 5.56 Å². The summed E-state index contributed by atoms with van der Waals surface area (Å²) in [6.45, 7) is 0. The van der Waals surface area contributed by atoms with Crippen LogP contribution in [0.3, 0.4) is 0 Å². The fourth-order valence-corrected chi connectivity index (χ4v) is 2.64. The molecule has 0 unspecified atom stereocenters. The molecule has 0 fully saturated rings. The molecular weight excluding hydrogens is 276 g/mol. The van der Waals surface area contributed by atoms with Crippen LogP contribution in [0.5, 0.6) is 5.88 Å². The van der Waals surface area contributed by atoms with Gasteiger partial charge in [-0.3, -0.25) is 9.97 Å². The second kappa shape index (κ2) is 4.96. The molecule has 4 aromatic rings. The summed E-state index contributed by atoms with van der Waals surface area (Å²) in [5, 5.41) is 17.4. The number of hydrogen-bond donors (Lipinski definition) is 2. The molecule has 2 N–H and O–H groups in total. The van der Waals surface area contributed by atoms with Crippen molar-refractivity contribution in [3.05, 3.63) is 61.1 Å². The number of nitrogens with zero attached hydrogens (tertiary/aromatic N) is 3. The summed E-state index contributed by atoms with van der Waals surface area (Å²) < 4.78 is 0. The van der Waals surface area contributed by atoms with Gasteiger partial charge < -0.3 is 5.11 Å². The van der Waals surface area contributed by atoms with E-state index in [1.165, 1.54) is 0 Å². The van der Waals surface area contributed by atoms with Gasteiger partial charge in [-0.15, -0.1) is 0 Å². The highest BCUT2D eigenvalue weighted by molar-refractivity contribution is 6.04. The maximum atomic E-state index is 9.97. The quantitative estimate of drug-likeness (QED) is 0.593. The summed E-state index contributed by atoms with van der Waals surface area (Å²) in [6.07, 6.45) is 5.10. The lowest BCUT2D eigenvalue weighted by Crippen LogP contribution is -1.89. The average molecular weight is 288 g/mol. The lowest BCUT2D eigenvalue weighted by atomic mass is 9.97. The van der Waals surface area contributed by atoms with Gasteiger partial charge in [0.25, 0.3) is 0 Å². The van der Waals surface area contributed by atoms with E-state index in [4.69, 9.17) is 0 Å². The molecule has 106 valence electrons. The molecule has 5 nitrogen and oxygen atoms in total. The van der Waals surface area contributed by atoms with Crippen LogP contribution in [0.25, 0.3) is 33.3 Å². The van der Waals surface area contributed by atoms with Crippen molar-refractivity contribution in [3.8, 4) is 28.3 Å². The molecule has 0 saturated heterocycles. The Morgan fingerprint density at radius 2 is 1.77 bits per heavy atom. The Kier molecular flexibility index (Phi) is 2.83. The van der Waals surface area contributed by atoms with Crippen molar-refractivity contribution in [1.82, 2.24) is 20.2 Å². The number of hydrogen-bond acceptors (Lipinski definition) is 4. The monoisotopic (exact) mass is 288 g/mol. The number of aromatic hydroxyl groups is 1. The highest BCUT2D eigenvalue weighted by Gasteiger charge is 2.14. The van der Waals surface area contributed by atoms with Gasteiger partial charge in [0, 0.05) is 28.9 Å². The van der Waals surface area contributed by atoms with E-state index < -0.39 is 0 Å². The topological polar surface area (TPSA) is 74.7 Å². The van der Waals surface area contributed by atoms with E-state index in [-0.39, 0.29) is 5.88 Å². The van der Waals surface area contributed by atoms with Crippen molar-refractivity contribution < 1.29 is 5.11 Å². The van der Waals surface area contributed by atoms with Gasteiger partial charge in [-0.1, -0.05) is 18.2 Å². The van der Waals surface area contributed by atoms with Gasteiger partial charge in [-0.2, -0.15) is 5.10 Å². The van der Waals surface area contributed by atoms with E-state index in [0.717, 1.165) is 27.7 Å². The minimum absolute atomic E-state index is 0.0447. The molecule has 1 aromatic carbocycles. The first-order valence-corrected chi connectivity index (χ1v) is 6.86. The number of benzene rings is 1. The zero-order valence-corrected chi connectivity index (χ0v) is 11.6. The van der Waals surface area contributed by atoms with Crippen LogP contribution in [0.2, 0.25) is 0 Å².